The molecule has 182 valence electrons. The van der Waals surface area contributed by atoms with E-state index in [4.69, 9.17) is 23.2 Å². The highest BCUT2D eigenvalue weighted by Crippen LogP contribution is 2.37. The smallest absolute Gasteiger partial charge is 0.257 e. The van der Waals surface area contributed by atoms with Gasteiger partial charge in [0.15, 0.2) is 0 Å². The van der Waals surface area contributed by atoms with Gasteiger partial charge in [-0.15, -0.1) is 11.8 Å². The van der Waals surface area contributed by atoms with Gasteiger partial charge in [0.25, 0.3) is 5.91 Å². The zero-order chi connectivity index (χ0) is 25.7. The summed E-state index contributed by atoms with van der Waals surface area (Å²) in [6.07, 6.45) is 0. The molecule has 0 saturated carbocycles. The van der Waals surface area contributed by atoms with Gasteiger partial charge in [0, 0.05) is 21.3 Å². The lowest BCUT2D eigenvalue weighted by Crippen LogP contribution is -2.19. The lowest BCUT2D eigenvalue weighted by atomic mass is 10.1. The number of aryl methyl sites for hydroxylation is 2. The zero-order valence-corrected chi connectivity index (χ0v) is 22.0. The number of amides is 2. The molecule has 0 radical (unpaired) electrons. The van der Waals surface area contributed by atoms with Crippen LogP contribution in [-0.2, 0) is 4.79 Å². The molecule has 0 bridgehead atoms. The van der Waals surface area contributed by atoms with Gasteiger partial charge >= 0.3 is 0 Å². The number of anilines is 2. The van der Waals surface area contributed by atoms with Crippen LogP contribution in [-0.4, -0.2) is 11.8 Å². The van der Waals surface area contributed by atoms with E-state index in [1.54, 1.807) is 18.2 Å². The van der Waals surface area contributed by atoms with E-state index in [0.29, 0.717) is 16.3 Å². The molecule has 0 aliphatic rings. The number of nitrogens with one attached hydrogen (secondary N) is 2. The van der Waals surface area contributed by atoms with Crippen LogP contribution in [0.25, 0.3) is 0 Å². The average Bonchev–Trinajstić information content (AvgIpc) is 2.85. The summed E-state index contributed by atoms with van der Waals surface area (Å²) < 4.78 is 0. The molecule has 0 fully saturated rings. The van der Waals surface area contributed by atoms with Crippen molar-refractivity contribution >= 4 is 58.2 Å². The Morgan fingerprint density at radius 1 is 0.806 bits per heavy atom. The van der Waals surface area contributed by atoms with Gasteiger partial charge in [0.05, 0.1) is 10.6 Å². The highest BCUT2D eigenvalue weighted by Gasteiger charge is 2.23. The van der Waals surface area contributed by atoms with Crippen molar-refractivity contribution in [1.29, 1.82) is 0 Å². The molecule has 36 heavy (non-hydrogen) atoms. The molecule has 0 spiro atoms. The van der Waals surface area contributed by atoms with Gasteiger partial charge < -0.3 is 10.6 Å². The molecule has 0 heterocycles. The maximum absolute atomic E-state index is 13.5. The van der Waals surface area contributed by atoms with E-state index in [9.17, 15) is 9.59 Å². The first-order valence-corrected chi connectivity index (χ1v) is 12.9. The molecule has 0 saturated heterocycles. The SMILES string of the molecule is Cc1ccc(C)c(NC(=O)C(Sc2cccc(NC(=O)c3ccc(Cl)cc3Cl)c2)c2ccccc2)c1. The van der Waals surface area contributed by atoms with E-state index in [2.05, 4.69) is 10.6 Å². The zero-order valence-electron chi connectivity index (χ0n) is 19.7. The van der Waals surface area contributed by atoms with Crippen molar-refractivity contribution in [2.45, 2.75) is 24.0 Å². The summed E-state index contributed by atoms with van der Waals surface area (Å²) in [6.45, 7) is 3.97. The molecule has 2 amide bonds. The molecule has 0 aliphatic carbocycles. The van der Waals surface area contributed by atoms with Crippen LogP contribution in [0.2, 0.25) is 10.0 Å². The summed E-state index contributed by atoms with van der Waals surface area (Å²) in [5, 5.41) is 6.21. The maximum Gasteiger partial charge on any atom is 0.257 e. The Morgan fingerprint density at radius 2 is 1.58 bits per heavy atom. The first-order valence-electron chi connectivity index (χ1n) is 11.3. The molecular formula is C29H24Cl2N2O2S. The first kappa shape index (κ1) is 25.8. The molecule has 0 aliphatic heterocycles. The quantitative estimate of drug-likeness (QED) is 0.234. The Morgan fingerprint density at radius 3 is 2.33 bits per heavy atom. The summed E-state index contributed by atoms with van der Waals surface area (Å²) >= 11 is 13.5. The molecule has 7 heteroatoms. The molecule has 2 N–H and O–H groups in total. The van der Waals surface area contributed by atoms with Crippen molar-refractivity contribution in [3.63, 3.8) is 0 Å². The Bertz CT molecular complexity index is 1410. The van der Waals surface area contributed by atoms with E-state index < -0.39 is 5.25 Å². The minimum absolute atomic E-state index is 0.123. The summed E-state index contributed by atoms with van der Waals surface area (Å²) in [5.74, 6) is -0.464. The van der Waals surface area contributed by atoms with Crippen LogP contribution < -0.4 is 10.6 Å². The van der Waals surface area contributed by atoms with E-state index >= 15 is 0 Å². The first-order chi connectivity index (χ1) is 17.3. The minimum Gasteiger partial charge on any atom is -0.325 e. The molecule has 4 rings (SSSR count). The van der Waals surface area contributed by atoms with Crippen LogP contribution in [0.15, 0.2) is 95.9 Å². The molecule has 1 atom stereocenters. The summed E-state index contributed by atoms with van der Waals surface area (Å²) in [7, 11) is 0. The number of halogens is 2. The van der Waals surface area contributed by atoms with Gasteiger partial charge in [-0.25, -0.2) is 0 Å². The Hall–Kier alpha value is -3.25. The third kappa shape index (κ3) is 6.49. The van der Waals surface area contributed by atoms with E-state index in [-0.39, 0.29) is 16.8 Å². The monoisotopic (exact) mass is 534 g/mol. The van der Waals surface area contributed by atoms with E-state index in [1.165, 1.54) is 17.8 Å². The van der Waals surface area contributed by atoms with Gasteiger partial charge in [-0.3, -0.25) is 9.59 Å². The fraction of sp³-hybridized carbons (Fsp3) is 0.103. The summed E-state index contributed by atoms with van der Waals surface area (Å²) in [5.41, 5.74) is 4.67. The highest BCUT2D eigenvalue weighted by molar-refractivity contribution is 8.00. The number of hydrogen-bond acceptors (Lipinski definition) is 3. The second kappa shape index (κ2) is 11.7. The lowest BCUT2D eigenvalue weighted by molar-refractivity contribution is -0.115. The number of carbonyl (C=O) groups is 2. The van der Waals surface area contributed by atoms with Gasteiger partial charge in [-0.1, -0.05) is 71.7 Å². The number of benzene rings is 4. The lowest BCUT2D eigenvalue weighted by Gasteiger charge is -2.19. The predicted octanol–water partition coefficient (Wildman–Crippen LogP) is 8.33. The van der Waals surface area contributed by atoms with Gasteiger partial charge in [0.1, 0.15) is 5.25 Å². The third-order valence-corrected chi connectivity index (χ3v) is 7.31. The second-order valence-corrected chi connectivity index (χ2v) is 10.3. The molecule has 1 unspecified atom stereocenters. The average molecular weight is 535 g/mol. The largest absolute Gasteiger partial charge is 0.325 e. The summed E-state index contributed by atoms with van der Waals surface area (Å²) in [4.78, 5) is 27.1. The van der Waals surface area contributed by atoms with Crippen molar-refractivity contribution in [1.82, 2.24) is 0 Å². The van der Waals surface area contributed by atoms with Gasteiger partial charge in [-0.2, -0.15) is 0 Å². The Balaban J connectivity index is 1.56. The molecular weight excluding hydrogens is 511 g/mol. The fourth-order valence-corrected chi connectivity index (χ4v) is 5.20. The Kier molecular flexibility index (Phi) is 8.36. The number of rotatable bonds is 7. The Labute approximate surface area is 225 Å². The predicted molar refractivity (Wildman–Crippen MR) is 150 cm³/mol. The van der Waals surface area contributed by atoms with Crippen LogP contribution >= 0.6 is 35.0 Å². The normalized spacial score (nSPS) is 11.6. The third-order valence-electron chi connectivity index (χ3n) is 5.51. The number of thioether (sulfide) groups is 1. The second-order valence-electron chi connectivity index (χ2n) is 8.32. The molecule has 4 nitrogen and oxygen atoms in total. The van der Waals surface area contributed by atoms with Crippen molar-refractivity contribution in [2.24, 2.45) is 0 Å². The number of hydrogen-bond donors (Lipinski definition) is 2. The van der Waals surface area contributed by atoms with E-state index in [0.717, 1.165) is 27.3 Å². The minimum atomic E-state index is -0.497. The van der Waals surface area contributed by atoms with E-state index in [1.807, 2.05) is 80.6 Å². The van der Waals surface area contributed by atoms with Crippen molar-refractivity contribution in [3.8, 4) is 0 Å². The molecule has 0 aromatic heterocycles. The van der Waals surface area contributed by atoms with Crippen molar-refractivity contribution in [2.75, 3.05) is 10.6 Å². The standard InChI is InChI=1S/C29H24Cl2N2O2S/c1-18-11-12-19(2)26(15-18)33-29(35)27(20-7-4-3-5-8-20)36-23-10-6-9-22(17-23)32-28(34)24-14-13-21(30)16-25(24)31/h3-17,27H,1-2H3,(H,32,34)(H,33,35). The van der Waals surface area contributed by atoms with Crippen LogP contribution in [0, 0.1) is 13.8 Å². The van der Waals surface area contributed by atoms with Crippen molar-refractivity contribution in [3.05, 3.63) is 123 Å². The van der Waals surface area contributed by atoms with Gasteiger partial charge in [0.2, 0.25) is 5.91 Å². The van der Waals surface area contributed by atoms with Gasteiger partial charge in [-0.05, 0) is 73.0 Å². The number of carbonyl (C=O) groups excluding carboxylic acids is 2. The highest BCUT2D eigenvalue weighted by atomic mass is 35.5. The maximum atomic E-state index is 13.5. The van der Waals surface area contributed by atoms with Crippen LogP contribution in [0.4, 0.5) is 11.4 Å². The fourth-order valence-electron chi connectivity index (χ4n) is 3.62. The van der Waals surface area contributed by atoms with Crippen LogP contribution in [0.3, 0.4) is 0 Å². The molecule has 4 aromatic carbocycles. The molecule has 4 aromatic rings. The van der Waals surface area contributed by atoms with Crippen LogP contribution in [0.5, 0.6) is 0 Å². The summed E-state index contributed by atoms with van der Waals surface area (Å²) in [6, 6.07) is 27.7. The van der Waals surface area contributed by atoms with Crippen LogP contribution in [0.1, 0.15) is 32.3 Å². The topological polar surface area (TPSA) is 58.2 Å². The van der Waals surface area contributed by atoms with Crippen molar-refractivity contribution < 1.29 is 9.59 Å².